The van der Waals surface area contributed by atoms with Crippen LogP contribution in [0.4, 0.5) is 5.13 Å². The molecule has 30 heavy (non-hydrogen) atoms. The van der Waals surface area contributed by atoms with Gasteiger partial charge >= 0.3 is 0 Å². The van der Waals surface area contributed by atoms with Crippen molar-refractivity contribution in [3.8, 4) is 17.2 Å². The number of amides is 1. The second-order valence-corrected chi connectivity index (χ2v) is 7.61. The molecule has 2 aromatic carbocycles. The summed E-state index contributed by atoms with van der Waals surface area (Å²) in [6.45, 7) is 1.20. The molecule has 1 amide bonds. The molecule has 0 atom stereocenters. The lowest BCUT2D eigenvalue weighted by Gasteiger charge is -2.22. The first-order valence-electron chi connectivity index (χ1n) is 9.10. The van der Waals surface area contributed by atoms with Crippen LogP contribution in [0.2, 0.25) is 0 Å². The van der Waals surface area contributed by atoms with Crippen molar-refractivity contribution in [3.05, 3.63) is 42.0 Å². The number of likely N-dealkylation sites (N-methyl/N-ethyl adjacent to an activating group) is 1. The zero-order valence-corrected chi connectivity index (χ0v) is 19.3. The van der Waals surface area contributed by atoms with Crippen molar-refractivity contribution < 1.29 is 19.0 Å². The van der Waals surface area contributed by atoms with E-state index in [1.165, 1.54) is 11.3 Å². The highest BCUT2D eigenvalue weighted by Gasteiger charge is 2.23. The lowest BCUT2D eigenvalue weighted by Crippen LogP contribution is -2.36. The Labute approximate surface area is 186 Å². The van der Waals surface area contributed by atoms with Gasteiger partial charge in [-0.3, -0.25) is 9.69 Å². The van der Waals surface area contributed by atoms with Gasteiger partial charge < -0.3 is 19.1 Å². The number of hydrogen-bond donors (Lipinski definition) is 0. The molecule has 0 unspecified atom stereocenters. The number of rotatable bonds is 8. The third-order valence-electron chi connectivity index (χ3n) is 4.48. The summed E-state index contributed by atoms with van der Waals surface area (Å²) in [6.07, 6.45) is 0. The molecule has 0 N–H and O–H groups in total. The van der Waals surface area contributed by atoms with Crippen LogP contribution < -0.4 is 19.1 Å². The normalized spacial score (nSPS) is 10.6. The fraction of sp³-hybridized carbons (Fsp3) is 0.333. The number of hydrogen-bond acceptors (Lipinski definition) is 7. The molecule has 1 aromatic heterocycles. The Morgan fingerprint density at radius 3 is 2.13 bits per heavy atom. The summed E-state index contributed by atoms with van der Waals surface area (Å²) in [6, 6.07) is 10.7. The van der Waals surface area contributed by atoms with Crippen molar-refractivity contribution >= 4 is 45.0 Å². The zero-order chi connectivity index (χ0) is 21.0. The lowest BCUT2D eigenvalue weighted by molar-refractivity contribution is 0.0985. The highest BCUT2D eigenvalue weighted by atomic mass is 35.5. The van der Waals surface area contributed by atoms with E-state index < -0.39 is 0 Å². The van der Waals surface area contributed by atoms with Crippen molar-refractivity contribution in [2.75, 3.05) is 53.4 Å². The predicted octanol–water partition coefficient (Wildman–Crippen LogP) is 3.95. The summed E-state index contributed by atoms with van der Waals surface area (Å²) in [7, 11) is 8.77. The molecule has 0 fully saturated rings. The highest BCUT2D eigenvalue weighted by molar-refractivity contribution is 7.22. The minimum atomic E-state index is -0.119. The first-order chi connectivity index (χ1) is 14.0. The average molecular weight is 452 g/mol. The maximum atomic E-state index is 13.3. The fourth-order valence-corrected chi connectivity index (χ4v) is 3.96. The third-order valence-corrected chi connectivity index (χ3v) is 5.58. The van der Waals surface area contributed by atoms with E-state index in [1.807, 2.05) is 31.1 Å². The number of thiazole rings is 1. The summed E-state index contributed by atoms with van der Waals surface area (Å²) in [5, 5.41) is 0.602. The van der Waals surface area contributed by atoms with E-state index >= 15 is 0 Å². The zero-order valence-electron chi connectivity index (χ0n) is 17.7. The Bertz CT molecular complexity index is 951. The maximum absolute atomic E-state index is 13.3. The van der Waals surface area contributed by atoms with Crippen LogP contribution in [-0.4, -0.2) is 64.3 Å². The molecule has 0 aliphatic carbocycles. The monoisotopic (exact) mass is 451 g/mol. The average Bonchev–Trinajstić information content (AvgIpc) is 3.18. The van der Waals surface area contributed by atoms with E-state index in [0.717, 1.165) is 4.70 Å². The molecule has 0 spiro atoms. The Morgan fingerprint density at radius 2 is 1.57 bits per heavy atom. The highest BCUT2D eigenvalue weighted by Crippen LogP contribution is 2.40. The number of methoxy groups -OCH3 is 3. The summed E-state index contributed by atoms with van der Waals surface area (Å²) >= 11 is 1.41. The summed E-state index contributed by atoms with van der Waals surface area (Å²) in [5.41, 5.74) is 1.26. The van der Waals surface area contributed by atoms with Crippen molar-refractivity contribution in [3.63, 3.8) is 0 Å². The van der Waals surface area contributed by atoms with Crippen LogP contribution in [0.1, 0.15) is 10.4 Å². The first kappa shape index (κ1) is 23.7. The molecule has 0 saturated carbocycles. The molecule has 0 saturated heterocycles. The SMILES string of the molecule is COc1ccc(C(=O)N(CCN(C)C)c2nc3c(OC)ccc(OC)c3s2)cc1.Cl. The van der Waals surface area contributed by atoms with E-state index in [9.17, 15) is 4.79 Å². The Hall–Kier alpha value is -2.55. The van der Waals surface area contributed by atoms with Gasteiger partial charge in [0.2, 0.25) is 0 Å². The van der Waals surface area contributed by atoms with Crippen LogP contribution in [0.25, 0.3) is 10.2 Å². The van der Waals surface area contributed by atoms with Crippen LogP contribution in [0, 0.1) is 0 Å². The van der Waals surface area contributed by atoms with Gasteiger partial charge in [0, 0.05) is 18.7 Å². The number of anilines is 1. The molecule has 162 valence electrons. The van der Waals surface area contributed by atoms with Gasteiger partial charge in [-0.05, 0) is 50.5 Å². The van der Waals surface area contributed by atoms with Crippen molar-refractivity contribution in [1.82, 2.24) is 9.88 Å². The number of halogens is 1. The lowest BCUT2D eigenvalue weighted by atomic mass is 10.2. The van der Waals surface area contributed by atoms with Crippen LogP contribution in [0.15, 0.2) is 36.4 Å². The Morgan fingerprint density at radius 1 is 0.933 bits per heavy atom. The van der Waals surface area contributed by atoms with Gasteiger partial charge in [-0.2, -0.15) is 0 Å². The Balaban J connectivity index is 0.00000320. The standard InChI is InChI=1S/C21H25N3O4S.ClH/c1-23(2)12-13-24(20(25)14-6-8-15(26-3)9-7-14)21-22-18-16(27-4)10-11-17(28-5)19(18)29-21;/h6-11H,12-13H2,1-5H3;1H. The second kappa shape index (κ2) is 10.5. The van der Waals surface area contributed by atoms with Gasteiger partial charge in [-0.1, -0.05) is 11.3 Å². The quantitative estimate of drug-likeness (QED) is 0.516. The molecule has 7 nitrogen and oxygen atoms in total. The third kappa shape index (κ3) is 4.95. The van der Waals surface area contributed by atoms with Crippen molar-refractivity contribution in [2.45, 2.75) is 0 Å². The van der Waals surface area contributed by atoms with E-state index in [-0.39, 0.29) is 18.3 Å². The van der Waals surface area contributed by atoms with Gasteiger partial charge in [0.25, 0.3) is 5.91 Å². The van der Waals surface area contributed by atoms with E-state index in [2.05, 4.69) is 0 Å². The molecule has 1 heterocycles. The number of carbonyl (C=O) groups is 1. The molecular weight excluding hydrogens is 426 g/mol. The smallest absolute Gasteiger partial charge is 0.260 e. The number of aromatic nitrogens is 1. The van der Waals surface area contributed by atoms with Crippen molar-refractivity contribution in [2.24, 2.45) is 0 Å². The van der Waals surface area contributed by atoms with E-state index in [1.54, 1.807) is 50.5 Å². The number of fused-ring (bicyclic) bond motifs is 1. The topological polar surface area (TPSA) is 64.1 Å². The molecule has 0 aliphatic rings. The Kier molecular flexibility index (Phi) is 8.28. The van der Waals surface area contributed by atoms with Gasteiger partial charge in [-0.25, -0.2) is 4.98 Å². The summed E-state index contributed by atoms with van der Waals surface area (Å²) in [4.78, 5) is 21.8. The number of benzene rings is 2. The molecule has 3 rings (SSSR count). The molecule has 3 aromatic rings. The molecular formula is C21H26ClN3O4S. The van der Waals surface area contributed by atoms with Crippen LogP contribution >= 0.6 is 23.7 Å². The number of nitrogens with zero attached hydrogens (tertiary/aromatic N) is 3. The first-order valence-corrected chi connectivity index (χ1v) is 9.92. The van der Waals surface area contributed by atoms with Crippen LogP contribution in [0.5, 0.6) is 17.2 Å². The van der Waals surface area contributed by atoms with Crippen molar-refractivity contribution in [1.29, 1.82) is 0 Å². The summed E-state index contributed by atoms with van der Waals surface area (Å²) in [5.74, 6) is 1.93. The molecule has 0 aliphatic heterocycles. The van der Waals surface area contributed by atoms with E-state index in [0.29, 0.717) is 46.5 Å². The van der Waals surface area contributed by atoms with Gasteiger partial charge in [0.15, 0.2) is 5.13 Å². The maximum Gasteiger partial charge on any atom is 0.260 e. The fourth-order valence-electron chi connectivity index (χ4n) is 2.86. The van der Waals surface area contributed by atoms with Gasteiger partial charge in [0.05, 0.1) is 21.3 Å². The van der Waals surface area contributed by atoms with Crippen LogP contribution in [-0.2, 0) is 0 Å². The largest absolute Gasteiger partial charge is 0.497 e. The summed E-state index contributed by atoms with van der Waals surface area (Å²) < 4.78 is 17.0. The number of carbonyl (C=O) groups excluding carboxylic acids is 1. The van der Waals surface area contributed by atoms with Crippen LogP contribution in [0.3, 0.4) is 0 Å². The minimum absolute atomic E-state index is 0. The molecule has 0 radical (unpaired) electrons. The van der Waals surface area contributed by atoms with Gasteiger partial charge in [0.1, 0.15) is 27.5 Å². The second-order valence-electron chi connectivity index (χ2n) is 6.63. The van der Waals surface area contributed by atoms with Gasteiger partial charge in [-0.15, -0.1) is 12.4 Å². The minimum Gasteiger partial charge on any atom is -0.497 e. The number of ether oxygens (including phenoxy) is 3. The van der Waals surface area contributed by atoms with E-state index in [4.69, 9.17) is 19.2 Å². The predicted molar refractivity (Wildman–Crippen MR) is 123 cm³/mol. The molecule has 0 bridgehead atoms. The molecule has 9 heteroatoms.